The molecule has 3 aromatic heterocycles. The molecule has 0 amide bonds. The molecule has 0 saturated heterocycles. The summed E-state index contributed by atoms with van der Waals surface area (Å²) in [6.07, 6.45) is 0. The molecular weight excluding hydrogens is 973 g/mol. The van der Waals surface area contributed by atoms with Gasteiger partial charge in [-0.15, -0.1) is 0 Å². The van der Waals surface area contributed by atoms with Crippen molar-refractivity contribution >= 4 is 96.7 Å². The normalized spacial score (nSPS) is 13.8. The summed E-state index contributed by atoms with van der Waals surface area (Å²) in [5.41, 5.74) is 17.2. The fourth-order valence-corrected chi connectivity index (χ4v) is 16.4. The second kappa shape index (κ2) is 17.2. The highest BCUT2D eigenvalue weighted by atomic mass is 28.3. The highest BCUT2D eigenvalue weighted by Crippen LogP contribution is 2.50. The molecule has 0 radical (unpaired) electrons. The molecule has 374 valence electrons. The van der Waals surface area contributed by atoms with Crippen molar-refractivity contribution < 1.29 is 0 Å². The molecule has 0 saturated carbocycles. The zero-order valence-electron chi connectivity index (χ0n) is 46.5. The molecule has 1 aliphatic carbocycles. The van der Waals surface area contributed by atoms with E-state index in [4.69, 9.17) is 9.97 Å². The highest BCUT2D eigenvalue weighted by Gasteiger charge is 2.35. The van der Waals surface area contributed by atoms with Crippen LogP contribution in [-0.4, -0.2) is 51.4 Å². The van der Waals surface area contributed by atoms with Gasteiger partial charge in [-0.3, -0.25) is 0 Å². The molecule has 0 unspecified atom stereocenters. The SMILES string of the molecule is CC1(C)c2ccccc2-c2ccc(-c3cc(-c4cc(-n5c6ccc([Si](C)(C)C)cc6c6cc([Si](C)(C)C)ccc65)cc(-n5c6ccc([Si](C)(C)C)cc6c6cc([Si](C)(C)C)ccc65)c4)nc(-c4ccccc4)n3)cc21. The fourth-order valence-electron chi connectivity index (χ4n) is 11.8. The van der Waals surface area contributed by atoms with Crippen LogP contribution in [0, 0.1) is 0 Å². The lowest BCUT2D eigenvalue weighted by Gasteiger charge is -2.22. The Morgan fingerprint density at radius 3 is 1.17 bits per heavy atom. The van der Waals surface area contributed by atoms with E-state index in [-0.39, 0.29) is 5.41 Å². The lowest BCUT2D eigenvalue weighted by molar-refractivity contribution is 0.660. The van der Waals surface area contributed by atoms with Crippen molar-refractivity contribution in [3.05, 3.63) is 181 Å². The third kappa shape index (κ3) is 8.36. The number of hydrogen-bond donors (Lipinski definition) is 0. The van der Waals surface area contributed by atoms with Crippen LogP contribution in [0.25, 0.3) is 100 Å². The van der Waals surface area contributed by atoms with Crippen molar-refractivity contribution in [1.29, 1.82) is 0 Å². The first-order valence-corrected chi connectivity index (χ1v) is 41.0. The Hall–Kier alpha value is -6.69. The third-order valence-corrected chi connectivity index (χ3v) is 24.5. The minimum absolute atomic E-state index is 0.148. The fraction of sp³-hybridized carbons (Fsp3) is 0.224. The van der Waals surface area contributed by atoms with E-state index in [1.807, 2.05) is 0 Å². The first-order chi connectivity index (χ1) is 35.4. The van der Waals surface area contributed by atoms with Crippen molar-refractivity contribution in [2.45, 2.75) is 97.8 Å². The molecule has 0 spiro atoms. The maximum atomic E-state index is 5.57. The Morgan fingerprint density at radius 1 is 0.333 bits per heavy atom. The van der Waals surface area contributed by atoms with Gasteiger partial charge in [-0.25, -0.2) is 9.97 Å². The summed E-state index contributed by atoms with van der Waals surface area (Å²) in [6.45, 7) is 34.3. The third-order valence-electron chi connectivity index (χ3n) is 16.3. The molecule has 8 aromatic carbocycles. The zero-order chi connectivity index (χ0) is 52.7. The minimum Gasteiger partial charge on any atom is -0.309 e. The van der Waals surface area contributed by atoms with Gasteiger partial charge in [0.05, 0.1) is 65.8 Å². The van der Waals surface area contributed by atoms with Crippen LogP contribution in [0.1, 0.15) is 25.0 Å². The van der Waals surface area contributed by atoms with Crippen LogP contribution in [0.4, 0.5) is 0 Å². The number of nitrogens with zero attached hydrogens (tertiary/aromatic N) is 4. The van der Waals surface area contributed by atoms with Gasteiger partial charge in [0, 0.05) is 55.0 Å². The van der Waals surface area contributed by atoms with E-state index in [2.05, 4.69) is 271 Å². The average Bonchev–Trinajstić information content (AvgIpc) is 3.99. The summed E-state index contributed by atoms with van der Waals surface area (Å²) in [5, 5.41) is 11.2. The van der Waals surface area contributed by atoms with Crippen LogP contribution >= 0.6 is 0 Å². The molecule has 8 heteroatoms. The van der Waals surface area contributed by atoms with Crippen LogP contribution in [0.3, 0.4) is 0 Å². The minimum atomic E-state index is -1.65. The first-order valence-electron chi connectivity index (χ1n) is 27.0. The monoisotopic (exact) mass is 1040 g/mol. The predicted octanol–water partition coefficient (Wildman–Crippen LogP) is 16.2. The molecular formula is C67H70N4Si4. The summed E-state index contributed by atoms with van der Waals surface area (Å²) in [5.74, 6) is 0.710. The van der Waals surface area contributed by atoms with E-state index in [0.29, 0.717) is 5.82 Å². The largest absolute Gasteiger partial charge is 0.309 e. The molecule has 4 nitrogen and oxygen atoms in total. The quantitative estimate of drug-likeness (QED) is 0.135. The van der Waals surface area contributed by atoms with E-state index in [9.17, 15) is 0 Å². The molecule has 0 bridgehead atoms. The number of fused-ring (bicyclic) bond motifs is 9. The van der Waals surface area contributed by atoms with Crippen molar-refractivity contribution in [3.8, 4) is 56.4 Å². The molecule has 3 heterocycles. The van der Waals surface area contributed by atoms with E-state index < -0.39 is 32.3 Å². The first kappa shape index (κ1) is 49.2. The average molecular weight is 1040 g/mol. The van der Waals surface area contributed by atoms with Crippen LogP contribution < -0.4 is 20.7 Å². The number of hydrogen-bond acceptors (Lipinski definition) is 2. The van der Waals surface area contributed by atoms with Gasteiger partial charge >= 0.3 is 0 Å². The Bertz CT molecular complexity index is 3820. The van der Waals surface area contributed by atoms with Crippen molar-refractivity contribution in [2.75, 3.05) is 0 Å². The molecule has 11 aromatic rings. The number of benzene rings is 8. The molecule has 0 N–H and O–H groups in total. The lowest BCUT2D eigenvalue weighted by Crippen LogP contribution is -2.37. The molecule has 75 heavy (non-hydrogen) atoms. The second-order valence-electron chi connectivity index (χ2n) is 26.1. The number of rotatable bonds is 9. The maximum Gasteiger partial charge on any atom is 0.160 e. The Labute approximate surface area is 448 Å². The second-order valence-corrected chi connectivity index (χ2v) is 46.4. The van der Waals surface area contributed by atoms with Gasteiger partial charge in [-0.1, -0.05) is 228 Å². The van der Waals surface area contributed by atoms with E-state index in [1.54, 1.807) is 0 Å². The molecule has 0 atom stereocenters. The summed E-state index contributed by atoms with van der Waals surface area (Å²) in [6, 6.07) is 65.2. The lowest BCUT2D eigenvalue weighted by atomic mass is 9.82. The summed E-state index contributed by atoms with van der Waals surface area (Å²) in [7, 11) is -6.61. The summed E-state index contributed by atoms with van der Waals surface area (Å²) < 4.78 is 5.08. The van der Waals surface area contributed by atoms with Gasteiger partial charge in [-0.2, -0.15) is 0 Å². The van der Waals surface area contributed by atoms with Gasteiger partial charge in [0.25, 0.3) is 0 Å². The van der Waals surface area contributed by atoms with Gasteiger partial charge < -0.3 is 9.13 Å². The number of aromatic nitrogens is 4. The maximum absolute atomic E-state index is 5.57. The van der Waals surface area contributed by atoms with Gasteiger partial charge in [-0.05, 0) is 76.9 Å². The topological polar surface area (TPSA) is 35.6 Å². The Kier molecular flexibility index (Phi) is 11.3. The van der Waals surface area contributed by atoms with Gasteiger partial charge in [0.1, 0.15) is 0 Å². The van der Waals surface area contributed by atoms with Gasteiger partial charge in [0.15, 0.2) is 5.82 Å². The van der Waals surface area contributed by atoms with E-state index >= 15 is 0 Å². The molecule has 1 aliphatic rings. The molecule has 0 aliphatic heterocycles. The van der Waals surface area contributed by atoms with E-state index in [0.717, 1.165) is 39.5 Å². The van der Waals surface area contributed by atoms with Crippen LogP contribution in [-0.2, 0) is 5.41 Å². The van der Waals surface area contributed by atoms with Crippen LogP contribution in [0.15, 0.2) is 170 Å². The van der Waals surface area contributed by atoms with Crippen LogP contribution in [0.2, 0.25) is 78.6 Å². The van der Waals surface area contributed by atoms with E-state index in [1.165, 1.54) is 86.6 Å². The van der Waals surface area contributed by atoms with Crippen LogP contribution in [0.5, 0.6) is 0 Å². The Morgan fingerprint density at radius 2 is 0.733 bits per heavy atom. The molecule has 12 rings (SSSR count). The standard InChI is InChI=1S/C67H70N4Si4/c1-67(2)58-23-19-18-22-52(58)53-29-24-44(36-59(53)67)60-42-61(69-66(68-60)43-20-16-15-17-21-43)45-34-46(70-62-30-25-48(72(3,4)5)38-54(62)55-39-49(73(6,7)8)26-31-63(55)70)37-47(35-45)71-64-32-27-50(74(9,10)11)40-56(64)57-41-51(75(12,13)14)28-33-65(57)71/h15-42H,1-14H3. The van der Waals surface area contributed by atoms with Crippen molar-refractivity contribution in [2.24, 2.45) is 0 Å². The van der Waals surface area contributed by atoms with Crippen molar-refractivity contribution in [3.63, 3.8) is 0 Å². The summed E-state index contributed by atoms with van der Waals surface area (Å²) >= 11 is 0. The smallest absolute Gasteiger partial charge is 0.160 e. The highest BCUT2D eigenvalue weighted by molar-refractivity contribution is 6.90. The van der Waals surface area contributed by atoms with Gasteiger partial charge in [0.2, 0.25) is 0 Å². The predicted molar refractivity (Wildman–Crippen MR) is 337 cm³/mol. The van der Waals surface area contributed by atoms with Crippen molar-refractivity contribution in [1.82, 2.24) is 19.1 Å². The zero-order valence-corrected chi connectivity index (χ0v) is 50.5. The molecule has 0 fully saturated rings. The summed E-state index contributed by atoms with van der Waals surface area (Å²) in [4.78, 5) is 11.0. The Balaban J connectivity index is 1.17.